The summed E-state index contributed by atoms with van der Waals surface area (Å²) in [5.74, 6) is 0.386. The Morgan fingerprint density at radius 1 is 1.17 bits per heavy atom. The first-order valence-electron chi connectivity index (χ1n) is 8.60. The zero-order valence-electron chi connectivity index (χ0n) is 13.3. The van der Waals surface area contributed by atoms with Crippen LogP contribution < -0.4 is 0 Å². The first kappa shape index (κ1) is 15.4. The molecule has 23 heavy (non-hydrogen) atoms. The number of hydrogen-bond donors (Lipinski definition) is 0. The number of carbonyl (C=O) groups is 1. The zero-order chi connectivity index (χ0) is 15.8. The van der Waals surface area contributed by atoms with E-state index in [0.717, 1.165) is 57.0 Å². The van der Waals surface area contributed by atoms with Gasteiger partial charge in [-0.1, -0.05) is 23.7 Å². The van der Waals surface area contributed by atoms with Crippen molar-refractivity contribution in [3.05, 3.63) is 34.9 Å². The predicted molar refractivity (Wildman–Crippen MR) is 89.3 cm³/mol. The summed E-state index contributed by atoms with van der Waals surface area (Å²) in [5, 5.41) is 0.770. The average molecular weight is 335 g/mol. The molecule has 3 fully saturated rings. The second-order valence-electron chi connectivity index (χ2n) is 6.99. The van der Waals surface area contributed by atoms with Gasteiger partial charge >= 0.3 is 0 Å². The van der Waals surface area contributed by atoms with Gasteiger partial charge in [0.1, 0.15) is 0 Å². The summed E-state index contributed by atoms with van der Waals surface area (Å²) in [5.41, 5.74) is 1.26. The van der Waals surface area contributed by atoms with E-state index < -0.39 is 0 Å². The van der Waals surface area contributed by atoms with Crippen molar-refractivity contribution in [1.29, 1.82) is 0 Å². The van der Waals surface area contributed by atoms with Crippen molar-refractivity contribution < 1.29 is 9.53 Å². The van der Waals surface area contributed by atoms with Crippen LogP contribution in [0.15, 0.2) is 24.3 Å². The number of carbonyl (C=O) groups excluding carboxylic acids is 1. The van der Waals surface area contributed by atoms with E-state index in [1.54, 1.807) is 0 Å². The van der Waals surface area contributed by atoms with Crippen LogP contribution >= 0.6 is 11.6 Å². The summed E-state index contributed by atoms with van der Waals surface area (Å²) >= 11 is 5.95. The normalized spacial score (nSPS) is 30.8. The maximum absolute atomic E-state index is 12.7. The van der Waals surface area contributed by atoms with Crippen LogP contribution in [0.1, 0.15) is 24.8 Å². The first-order valence-corrected chi connectivity index (χ1v) is 8.98. The molecule has 0 aromatic heterocycles. The Bertz CT molecular complexity index is 571. The van der Waals surface area contributed by atoms with E-state index in [2.05, 4.69) is 17.0 Å². The SMILES string of the molecule is O=C([C@@H]1C[C@H]2CN(Cc3ccc(Cl)cc3)C[C@H]1O2)N1CCCC1. The number of likely N-dealkylation sites (tertiary alicyclic amines) is 2. The fraction of sp³-hybridized carbons (Fsp3) is 0.611. The number of ether oxygens (including phenoxy) is 1. The maximum Gasteiger partial charge on any atom is 0.228 e. The number of rotatable bonds is 3. The van der Waals surface area contributed by atoms with Crippen LogP contribution in [0.5, 0.6) is 0 Å². The molecule has 0 spiro atoms. The van der Waals surface area contributed by atoms with Crippen molar-refractivity contribution >= 4 is 17.5 Å². The Balaban J connectivity index is 1.39. The van der Waals surface area contributed by atoms with Gasteiger partial charge in [0.2, 0.25) is 5.91 Å². The summed E-state index contributed by atoms with van der Waals surface area (Å²) in [7, 11) is 0. The van der Waals surface area contributed by atoms with Crippen molar-refractivity contribution in [2.24, 2.45) is 5.92 Å². The smallest absolute Gasteiger partial charge is 0.228 e. The minimum atomic E-state index is 0.0633. The molecule has 3 atom stereocenters. The highest BCUT2D eigenvalue weighted by molar-refractivity contribution is 6.30. The van der Waals surface area contributed by atoms with E-state index in [1.165, 1.54) is 5.56 Å². The fourth-order valence-electron chi connectivity index (χ4n) is 4.15. The third-order valence-corrected chi connectivity index (χ3v) is 5.54. The van der Waals surface area contributed by atoms with Crippen LogP contribution in [0.3, 0.4) is 0 Å². The molecule has 0 unspecified atom stereocenters. The van der Waals surface area contributed by atoms with E-state index in [4.69, 9.17) is 16.3 Å². The summed E-state index contributed by atoms with van der Waals surface area (Å²) in [6, 6.07) is 8.02. The molecule has 3 saturated heterocycles. The van der Waals surface area contributed by atoms with Gasteiger partial charge in [-0.15, -0.1) is 0 Å². The molecule has 0 aliphatic carbocycles. The molecule has 0 radical (unpaired) electrons. The third kappa shape index (κ3) is 3.25. The summed E-state index contributed by atoms with van der Waals surface area (Å²) in [4.78, 5) is 17.2. The van der Waals surface area contributed by atoms with Gasteiger partial charge in [-0.25, -0.2) is 0 Å². The first-order chi connectivity index (χ1) is 11.2. The number of benzene rings is 1. The highest BCUT2D eigenvalue weighted by Gasteiger charge is 2.45. The number of halogens is 1. The van der Waals surface area contributed by atoms with E-state index in [9.17, 15) is 4.79 Å². The van der Waals surface area contributed by atoms with Crippen LogP contribution in [0, 0.1) is 5.92 Å². The zero-order valence-corrected chi connectivity index (χ0v) is 14.0. The van der Waals surface area contributed by atoms with E-state index >= 15 is 0 Å². The standard InChI is InChI=1S/C18H23ClN2O2/c19-14-5-3-13(4-6-14)10-20-11-15-9-16(17(12-20)23-15)18(22)21-7-1-2-8-21/h3-6,15-17H,1-2,7-12H2/t15-,16+,17+/m0/s1. The summed E-state index contributed by atoms with van der Waals surface area (Å²) < 4.78 is 6.07. The number of nitrogens with zero attached hydrogens (tertiary/aromatic N) is 2. The van der Waals surface area contributed by atoms with Crippen LogP contribution in [0.25, 0.3) is 0 Å². The molecule has 0 N–H and O–H groups in total. The van der Waals surface area contributed by atoms with E-state index in [1.807, 2.05) is 17.0 Å². The number of hydrogen-bond acceptors (Lipinski definition) is 3. The van der Waals surface area contributed by atoms with Crippen molar-refractivity contribution in [3.8, 4) is 0 Å². The van der Waals surface area contributed by atoms with Gasteiger partial charge in [-0.2, -0.15) is 0 Å². The molecule has 4 nitrogen and oxygen atoms in total. The van der Waals surface area contributed by atoms with Gasteiger partial charge in [0.05, 0.1) is 18.1 Å². The number of fused-ring (bicyclic) bond motifs is 2. The quantitative estimate of drug-likeness (QED) is 0.851. The highest BCUT2D eigenvalue weighted by Crippen LogP contribution is 2.34. The third-order valence-electron chi connectivity index (χ3n) is 5.29. The lowest BCUT2D eigenvalue weighted by Crippen LogP contribution is -2.45. The molecule has 1 aromatic carbocycles. The molecular weight excluding hydrogens is 312 g/mol. The largest absolute Gasteiger partial charge is 0.371 e. The van der Waals surface area contributed by atoms with Crippen LogP contribution in [0.2, 0.25) is 5.02 Å². The van der Waals surface area contributed by atoms with Gasteiger partial charge in [-0.05, 0) is 37.0 Å². The Morgan fingerprint density at radius 2 is 1.91 bits per heavy atom. The van der Waals surface area contributed by atoms with Crippen LogP contribution in [0.4, 0.5) is 0 Å². The molecule has 3 aliphatic heterocycles. The summed E-state index contributed by atoms with van der Waals surface area (Å²) in [6.07, 6.45) is 3.45. The highest BCUT2D eigenvalue weighted by atomic mass is 35.5. The molecule has 3 heterocycles. The van der Waals surface area contributed by atoms with Crippen molar-refractivity contribution in [2.45, 2.75) is 38.0 Å². The Hall–Kier alpha value is -1.10. The molecule has 4 rings (SSSR count). The van der Waals surface area contributed by atoms with Gasteiger partial charge in [0.25, 0.3) is 0 Å². The molecule has 124 valence electrons. The van der Waals surface area contributed by atoms with Crippen molar-refractivity contribution in [3.63, 3.8) is 0 Å². The Kier molecular flexibility index (Phi) is 4.31. The van der Waals surface area contributed by atoms with Crippen LogP contribution in [-0.4, -0.2) is 54.1 Å². The lowest BCUT2D eigenvalue weighted by atomic mass is 9.99. The van der Waals surface area contributed by atoms with Crippen LogP contribution in [-0.2, 0) is 16.1 Å². The molecule has 2 bridgehead atoms. The van der Waals surface area contributed by atoms with Crippen molar-refractivity contribution in [1.82, 2.24) is 9.80 Å². The molecule has 0 saturated carbocycles. The second kappa shape index (κ2) is 6.42. The monoisotopic (exact) mass is 334 g/mol. The minimum Gasteiger partial charge on any atom is -0.371 e. The Morgan fingerprint density at radius 3 is 2.65 bits per heavy atom. The lowest BCUT2D eigenvalue weighted by molar-refractivity contribution is -0.137. The predicted octanol–water partition coefficient (Wildman–Crippen LogP) is 2.55. The molecular formula is C18H23ClN2O2. The van der Waals surface area contributed by atoms with Gasteiger partial charge < -0.3 is 9.64 Å². The van der Waals surface area contributed by atoms with E-state index in [-0.39, 0.29) is 18.1 Å². The van der Waals surface area contributed by atoms with Gasteiger partial charge in [0.15, 0.2) is 0 Å². The van der Waals surface area contributed by atoms with Gasteiger partial charge in [-0.3, -0.25) is 9.69 Å². The lowest BCUT2D eigenvalue weighted by Gasteiger charge is -2.33. The molecule has 1 aromatic rings. The topological polar surface area (TPSA) is 32.8 Å². The Labute approximate surface area is 142 Å². The molecule has 5 heteroatoms. The maximum atomic E-state index is 12.7. The number of morpholine rings is 1. The van der Waals surface area contributed by atoms with Gasteiger partial charge in [0, 0.05) is 37.7 Å². The number of amides is 1. The fourth-order valence-corrected chi connectivity index (χ4v) is 4.27. The molecule has 3 aliphatic rings. The van der Waals surface area contributed by atoms with Crippen molar-refractivity contribution in [2.75, 3.05) is 26.2 Å². The minimum absolute atomic E-state index is 0.0633. The average Bonchev–Trinajstić information content (AvgIpc) is 3.17. The van der Waals surface area contributed by atoms with E-state index in [0.29, 0.717) is 5.91 Å². The summed E-state index contributed by atoms with van der Waals surface area (Å²) in [6.45, 7) is 4.53. The second-order valence-corrected chi connectivity index (χ2v) is 7.43. The molecule has 1 amide bonds.